The Bertz CT molecular complexity index is 283. The molecular weight excluding hydrogens is 210 g/mol. The van der Waals surface area contributed by atoms with Crippen LogP contribution in [-0.4, -0.2) is 36.2 Å². The third kappa shape index (κ3) is 2.85. The van der Waals surface area contributed by atoms with Crippen LogP contribution in [0.3, 0.4) is 0 Å². The highest BCUT2D eigenvalue weighted by atomic mass is 16.5. The molecule has 0 aromatic carbocycles. The van der Waals surface area contributed by atoms with Crippen LogP contribution >= 0.6 is 0 Å². The largest absolute Gasteiger partial charge is 0.409 e. The van der Waals surface area contributed by atoms with E-state index in [1.165, 1.54) is 0 Å². The van der Waals surface area contributed by atoms with Gasteiger partial charge in [0.05, 0.1) is 12.6 Å². The summed E-state index contributed by atoms with van der Waals surface area (Å²) in [4.78, 5) is 11.9. The van der Waals surface area contributed by atoms with Crippen molar-refractivity contribution in [2.75, 3.05) is 13.2 Å². The second-order valence-electron chi connectivity index (χ2n) is 4.50. The van der Waals surface area contributed by atoms with Crippen LogP contribution in [0.4, 0.5) is 0 Å². The molecular formula is C10H19N3O3. The summed E-state index contributed by atoms with van der Waals surface area (Å²) < 4.78 is 5.26. The molecule has 0 radical (unpaired) electrons. The SMILES string of the molecule is CC(C)(C(=O)NC1CCCOC1)C(N)=NO. The lowest BCUT2D eigenvalue weighted by Gasteiger charge is -2.28. The monoisotopic (exact) mass is 229 g/mol. The quantitative estimate of drug-likeness (QED) is 0.276. The lowest BCUT2D eigenvalue weighted by atomic mass is 9.90. The van der Waals surface area contributed by atoms with Crippen molar-refractivity contribution >= 4 is 11.7 Å². The average Bonchev–Trinajstić information content (AvgIpc) is 2.29. The minimum Gasteiger partial charge on any atom is -0.409 e. The highest BCUT2D eigenvalue weighted by molar-refractivity contribution is 6.05. The van der Waals surface area contributed by atoms with Crippen molar-refractivity contribution in [3.05, 3.63) is 0 Å². The smallest absolute Gasteiger partial charge is 0.233 e. The number of nitrogens with one attached hydrogen (secondary N) is 1. The van der Waals surface area contributed by atoms with Crippen LogP contribution in [0.15, 0.2) is 5.16 Å². The second-order valence-corrected chi connectivity index (χ2v) is 4.50. The van der Waals surface area contributed by atoms with E-state index in [0.29, 0.717) is 6.61 Å². The Hall–Kier alpha value is -1.30. The summed E-state index contributed by atoms with van der Waals surface area (Å²) in [7, 11) is 0. The van der Waals surface area contributed by atoms with E-state index in [-0.39, 0.29) is 17.8 Å². The van der Waals surface area contributed by atoms with Crippen molar-refractivity contribution in [1.29, 1.82) is 0 Å². The molecule has 92 valence electrons. The van der Waals surface area contributed by atoms with Crippen molar-refractivity contribution in [3.63, 3.8) is 0 Å². The molecule has 1 fully saturated rings. The first-order valence-electron chi connectivity index (χ1n) is 5.35. The van der Waals surface area contributed by atoms with Crippen LogP contribution in [0.1, 0.15) is 26.7 Å². The van der Waals surface area contributed by atoms with Crippen LogP contribution in [0.2, 0.25) is 0 Å². The van der Waals surface area contributed by atoms with E-state index in [2.05, 4.69) is 10.5 Å². The van der Waals surface area contributed by atoms with Crippen molar-refractivity contribution in [3.8, 4) is 0 Å². The van der Waals surface area contributed by atoms with Gasteiger partial charge in [-0.1, -0.05) is 5.16 Å². The number of oxime groups is 1. The molecule has 1 amide bonds. The summed E-state index contributed by atoms with van der Waals surface area (Å²) in [5.41, 5.74) is 4.46. The number of amides is 1. The molecule has 16 heavy (non-hydrogen) atoms. The van der Waals surface area contributed by atoms with Crippen LogP contribution in [0.25, 0.3) is 0 Å². The molecule has 6 heteroatoms. The standard InChI is InChI=1S/C10H19N3O3/c1-10(2,8(11)13-15)9(14)12-7-4-3-5-16-6-7/h7,15H,3-6H2,1-2H3,(H2,11,13)(H,12,14). The Kier molecular flexibility index (Phi) is 4.12. The maximum absolute atomic E-state index is 11.9. The number of ether oxygens (including phenoxy) is 1. The Morgan fingerprint density at radius 3 is 2.81 bits per heavy atom. The van der Waals surface area contributed by atoms with Gasteiger partial charge < -0.3 is 21.0 Å². The Morgan fingerprint density at radius 2 is 2.31 bits per heavy atom. The molecule has 1 saturated heterocycles. The number of nitrogens with zero attached hydrogens (tertiary/aromatic N) is 1. The average molecular weight is 229 g/mol. The van der Waals surface area contributed by atoms with Crippen LogP contribution < -0.4 is 11.1 Å². The summed E-state index contributed by atoms with van der Waals surface area (Å²) in [5, 5.41) is 14.3. The molecule has 1 aliphatic heterocycles. The van der Waals surface area contributed by atoms with Gasteiger partial charge in [0.2, 0.25) is 5.91 Å². The Labute approximate surface area is 94.8 Å². The number of nitrogens with two attached hydrogens (primary N) is 1. The minimum absolute atomic E-state index is 0.0204. The first-order valence-corrected chi connectivity index (χ1v) is 5.35. The predicted molar refractivity (Wildman–Crippen MR) is 59.2 cm³/mol. The zero-order valence-corrected chi connectivity index (χ0v) is 9.69. The van der Waals surface area contributed by atoms with Crippen molar-refractivity contribution < 1.29 is 14.7 Å². The van der Waals surface area contributed by atoms with Gasteiger partial charge in [0, 0.05) is 6.61 Å². The molecule has 0 aromatic rings. The van der Waals surface area contributed by atoms with E-state index in [1.54, 1.807) is 13.8 Å². The summed E-state index contributed by atoms with van der Waals surface area (Å²) >= 11 is 0. The van der Waals surface area contributed by atoms with Gasteiger partial charge in [0.25, 0.3) is 0 Å². The van der Waals surface area contributed by atoms with E-state index in [9.17, 15) is 4.79 Å². The Morgan fingerprint density at radius 1 is 1.62 bits per heavy atom. The molecule has 1 atom stereocenters. The van der Waals surface area contributed by atoms with E-state index in [0.717, 1.165) is 19.4 Å². The van der Waals surface area contributed by atoms with Crippen molar-refractivity contribution in [2.24, 2.45) is 16.3 Å². The van der Waals surface area contributed by atoms with Crippen LogP contribution in [0.5, 0.6) is 0 Å². The normalized spacial score (nSPS) is 22.9. The maximum atomic E-state index is 11.9. The first kappa shape index (κ1) is 12.8. The molecule has 1 heterocycles. The van der Waals surface area contributed by atoms with E-state index >= 15 is 0 Å². The van der Waals surface area contributed by atoms with E-state index < -0.39 is 5.41 Å². The zero-order chi connectivity index (χ0) is 12.2. The summed E-state index contributed by atoms with van der Waals surface area (Å²) in [6.07, 6.45) is 1.84. The van der Waals surface area contributed by atoms with Gasteiger partial charge in [-0.3, -0.25) is 4.79 Å². The Balaban J connectivity index is 2.56. The molecule has 0 aromatic heterocycles. The van der Waals surface area contributed by atoms with Gasteiger partial charge in [-0.05, 0) is 26.7 Å². The molecule has 0 aliphatic carbocycles. The molecule has 0 bridgehead atoms. The summed E-state index contributed by atoms with van der Waals surface area (Å²) in [6, 6.07) is 0.0204. The van der Waals surface area contributed by atoms with Crippen molar-refractivity contribution in [2.45, 2.75) is 32.7 Å². The molecule has 1 aliphatic rings. The zero-order valence-electron chi connectivity index (χ0n) is 9.69. The van der Waals surface area contributed by atoms with E-state index in [4.69, 9.17) is 15.7 Å². The van der Waals surface area contributed by atoms with Gasteiger partial charge in [0.15, 0.2) is 5.84 Å². The molecule has 6 nitrogen and oxygen atoms in total. The van der Waals surface area contributed by atoms with Gasteiger partial charge >= 0.3 is 0 Å². The van der Waals surface area contributed by atoms with E-state index in [1.807, 2.05) is 0 Å². The topological polar surface area (TPSA) is 96.9 Å². The molecule has 1 unspecified atom stereocenters. The highest BCUT2D eigenvalue weighted by Crippen LogP contribution is 2.16. The number of amidine groups is 1. The van der Waals surface area contributed by atoms with Gasteiger partial charge in [-0.2, -0.15) is 0 Å². The number of carbonyl (C=O) groups excluding carboxylic acids is 1. The second kappa shape index (κ2) is 5.16. The van der Waals surface area contributed by atoms with Gasteiger partial charge in [0.1, 0.15) is 5.41 Å². The fraction of sp³-hybridized carbons (Fsp3) is 0.800. The van der Waals surface area contributed by atoms with Crippen LogP contribution in [0, 0.1) is 5.41 Å². The number of carbonyl (C=O) groups is 1. The number of rotatable bonds is 3. The number of hydrogen-bond acceptors (Lipinski definition) is 4. The summed E-state index contributed by atoms with van der Waals surface area (Å²) in [6.45, 7) is 4.50. The predicted octanol–water partition coefficient (Wildman–Crippen LogP) is 0.0542. The first-order chi connectivity index (χ1) is 7.48. The number of hydrogen-bond donors (Lipinski definition) is 3. The fourth-order valence-corrected chi connectivity index (χ4v) is 1.46. The molecule has 0 saturated carbocycles. The lowest BCUT2D eigenvalue weighted by Crippen LogP contribution is -2.51. The molecule has 4 N–H and O–H groups in total. The minimum atomic E-state index is -1.01. The molecule has 1 rings (SSSR count). The van der Waals surface area contributed by atoms with Gasteiger partial charge in [-0.25, -0.2) is 0 Å². The lowest BCUT2D eigenvalue weighted by molar-refractivity contribution is -0.128. The molecule has 0 spiro atoms. The fourth-order valence-electron chi connectivity index (χ4n) is 1.46. The summed E-state index contributed by atoms with van der Waals surface area (Å²) in [5.74, 6) is -0.347. The van der Waals surface area contributed by atoms with Crippen molar-refractivity contribution in [1.82, 2.24) is 5.32 Å². The van der Waals surface area contributed by atoms with Gasteiger partial charge in [-0.15, -0.1) is 0 Å². The maximum Gasteiger partial charge on any atom is 0.233 e. The highest BCUT2D eigenvalue weighted by Gasteiger charge is 2.34. The van der Waals surface area contributed by atoms with Crippen LogP contribution in [-0.2, 0) is 9.53 Å². The third-order valence-electron chi connectivity index (χ3n) is 2.81. The third-order valence-corrected chi connectivity index (χ3v) is 2.81.